The Morgan fingerprint density at radius 1 is 1.22 bits per heavy atom. The number of carbonyl (C=O) groups is 1. The summed E-state index contributed by atoms with van der Waals surface area (Å²) >= 11 is 6.43. The van der Waals surface area contributed by atoms with Gasteiger partial charge >= 0.3 is 0 Å². The smallest absolute Gasteiger partial charge is 0.264 e. The van der Waals surface area contributed by atoms with Gasteiger partial charge in [0.2, 0.25) is 0 Å². The fourth-order valence-electron chi connectivity index (χ4n) is 4.47. The van der Waals surface area contributed by atoms with E-state index in [0.29, 0.717) is 11.4 Å². The summed E-state index contributed by atoms with van der Waals surface area (Å²) in [6.45, 7) is 3.15. The molecule has 5 nitrogen and oxygen atoms in total. The first-order valence-electron chi connectivity index (χ1n) is 9.66. The van der Waals surface area contributed by atoms with Crippen LogP contribution in [0.25, 0.3) is 11.1 Å². The van der Waals surface area contributed by atoms with Gasteiger partial charge in [0, 0.05) is 60.6 Å². The minimum Gasteiger partial charge on any atom is -0.479 e. The molecule has 0 unspecified atom stereocenters. The number of benzene rings is 1. The van der Waals surface area contributed by atoms with Crippen molar-refractivity contribution >= 4 is 17.5 Å². The second-order valence-corrected chi connectivity index (χ2v) is 7.90. The number of halogens is 1. The summed E-state index contributed by atoms with van der Waals surface area (Å²) in [6.07, 6.45) is 5.18. The number of pyridine rings is 1. The first-order valence-corrected chi connectivity index (χ1v) is 10.0. The summed E-state index contributed by atoms with van der Waals surface area (Å²) in [5, 5.41) is 3.97. The quantitative estimate of drug-likeness (QED) is 0.866. The Morgan fingerprint density at radius 2 is 2.07 bits per heavy atom. The normalized spacial score (nSPS) is 20.9. The maximum absolute atomic E-state index is 12.9. The first kappa shape index (κ1) is 17.0. The molecule has 1 saturated heterocycles. The molecule has 140 valence electrons. The molecular weight excluding hydrogens is 362 g/mol. The van der Waals surface area contributed by atoms with Crippen LogP contribution >= 0.6 is 11.6 Å². The molecule has 1 N–H and O–H groups in total. The second-order valence-electron chi connectivity index (χ2n) is 7.46. The van der Waals surface area contributed by atoms with Gasteiger partial charge in [-0.1, -0.05) is 11.6 Å². The number of fused-ring (bicyclic) bond motifs is 2. The second kappa shape index (κ2) is 6.80. The topological polar surface area (TPSA) is 54.5 Å². The van der Waals surface area contributed by atoms with Crippen LogP contribution in [0.3, 0.4) is 0 Å². The van der Waals surface area contributed by atoms with Crippen LogP contribution in [0.2, 0.25) is 5.02 Å². The number of hydrogen-bond acceptors (Lipinski definition) is 4. The zero-order valence-electron chi connectivity index (χ0n) is 15.1. The van der Waals surface area contributed by atoms with Crippen molar-refractivity contribution in [1.29, 1.82) is 0 Å². The van der Waals surface area contributed by atoms with Crippen molar-refractivity contribution < 1.29 is 9.53 Å². The Morgan fingerprint density at radius 3 is 2.93 bits per heavy atom. The summed E-state index contributed by atoms with van der Waals surface area (Å²) in [6, 6.07) is 5.95. The van der Waals surface area contributed by atoms with E-state index in [0.717, 1.165) is 67.9 Å². The van der Waals surface area contributed by atoms with Gasteiger partial charge < -0.3 is 15.0 Å². The molecule has 0 saturated carbocycles. The van der Waals surface area contributed by atoms with Crippen molar-refractivity contribution in [3.05, 3.63) is 46.2 Å². The zero-order chi connectivity index (χ0) is 18.4. The Hall–Kier alpha value is -2.11. The molecule has 1 aromatic carbocycles. The van der Waals surface area contributed by atoms with Crippen LogP contribution in [-0.2, 0) is 24.1 Å². The number of aryl methyl sites for hydroxylation is 1. The Labute approximate surface area is 163 Å². The molecule has 3 aliphatic rings. The number of rotatable bonds is 2. The van der Waals surface area contributed by atoms with Crippen LogP contribution in [0.15, 0.2) is 24.4 Å². The number of carbonyl (C=O) groups excluding carboxylic acids is 1. The van der Waals surface area contributed by atoms with E-state index >= 15 is 0 Å². The van der Waals surface area contributed by atoms with Gasteiger partial charge in [0.05, 0.1) is 0 Å². The molecule has 0 radical (unpaired) electrons. The maximum Gasteiger partial charge on any atom is 0.264 e. The van der Waals surface area contributed by atoms with Gasteiger partial charge in [0.25, 0.3) is 5.91 Å². The number of aromatic nitrogens is 1. The molecule has 1 fully saturated rings. The minimum atomic E-state index is -0.454. The highest BCUT2D eigenvalue weighted by Gasteiger charge is 2.35. The number of ether oxygens (including phenoxy) is 1. The maximum atomic E-state index is 12.9. The molecule has 0 bridgehead atoms. The molecule has 1 aliphatic carbocycles. The molecule has 6 heteroatoms. The van der Waals surface area contributed by atoms with Crippen LogP contribution < -0.4 is 10.1 Å². The van der Waals surface area contributed by atoms with Crippen molar-refractivity contribution in [1.82, 2.24) is 15.2 Å². The number of nitrogens with zero attached hydrogens (tertiary/aromatic N) is 2. The Balaban J connectivity index is 1.50. The highest BCUT2D eigenvalue weighted by molar-refractivity contribution is 6.31. The lowest BCUT2D eigenvalue weighted by Crippen LogP contribution is -2.50. The highest BCUT2D eigenvalue weighted by atomic mass is 35.5. The molecule has 1 amide bonds. The molecule has 1 atom stereocenters. The van der Waals surface area contributed by atoms with Gasteiger partial charge in [-0.2, -0.15) is 0 Å². The van der Waals surface area contributed by atoms with E-state index in [4.69, 9.17) is 16.3 Å². The van der Waals surface area contributed by atoms with E-state index in [1.807, 2.05) is 29.3 Å². The van der Waals surface area contributed by atoms with Gasteiger partial charge in [-0.15, -0.1) is 0 Å². The molecule has 0 spiro atoms. The summed E-state index contributed by atoms with van der Waals surface area (Å²) in [5.74, 6) is 0.892. The molecule has 1 aromatic heterocycles. The predicted octanol–water partition coefficient (Wildman–Crippen LogP) is 2.63. The van der Waals surface area contributed by atoms with Gasteiger partial charge in [-0.3, -0.25) is 9.78 Å². The Bertz CT molecular complexity index is 909. The Kier molecular flexibility index (Phi) is 4.29. The summed E-state index contributed by atoms with van der Waals surface area (Å²) < 4.78 is 6.23. The van der Waals surface area contributed by atoms with E-state index in [9.17, 15) is 4.79 Å². The van der Waals surface area contributed by atoms with Gasteiger partial charge in [-0.25, -0.2) is 0 Å². The van der Waals surface area contributed by atoms with Crippen molar-refractivity contribution in [2.45, 2.75) is 31.8 Å². The third-order valence-electron chi connectivity index (χ3n) is 5.78. The van der Waals surface area contributed by atoms with Crippen molar-refractivity contribution in [3.63, 3.8) is 0 Å². The third kappa shape index (κ3) is 2.99. The van der Waals surface area contributed by atoms with E-state index < -0.39 is 6.10 Å². The average Bonchev–Trinajstić information content (AvgIpc) is 3.34. The third-order valence-corrected chi connectivity index (χ3v) is 5.99. The monoisotopic (exact) mass is 383 g/mol. The van der Waals surface area contributed by atoms with Crippen molar-refractivity contribution in [2.75, 3.05) is 26.2 Å². The zero-order valence-corrected chi connectivity index (χ0v) is 15.9. The molecule has 2 aromatic rings. The summed E-state index contributed by atoms with van der Waals surface area (Å²) in [5.41, 5.74) is 5.63. The summed E-state index contributed by atoms with van der Waals surface area (Å²) in [7, 11) is 0. The lowest BCUT2D eigenvalue weighted by Gasteiger charge is -2.29. The van der Waals surface area contributed by atoms with Crippen LogP contribution in [0.5, 0.6) is 5.75 Å². The number of nitrogens with one attached hydrogen (secondary N) is 1. The SMILES string of the molecule is O=C([C@H]1Cc2cc(Cl)cc(-c3ccnc4c3CCC4)c2O1)N1CCNCC1. The molecular formula is C21H22ClN3O2. The number of amides is 1. The van der Waals surface area contributed by atoms with Crippen LogP contribution in [0.4, 0.5) is 0 Å². The molecule has 2 aliphatic heterocycles. The lowest BCUT2D eigenvalue weighted by molar-refractivity contribution is -0.138. The van der Waals surface area contributed by atoms with Gasteiger partial charge in [0.15, 0.2) is 6.10 Å². The minimum absolute atomic E-state index is 0.0785. The van der Waals surface area contributed by atoms with E-state index in [-0.39, 0.29) is 5.91 Å². The first-order chi connectivity index (χ1) is 13.2. The number of hydrogen-bond donors (Lipinski definition) is 1. The standard InChI is InChI=1S/C21H22ClN3O2/c22-14-10-13-11-19(21(26)25-8-6-23-7-9-25)27-20(13)17(12-14)15-4-5-24-18-3-1-2-16(15)18/h4-5,10,12,19,23H,1-3,6-9,11H2/t19-/m1/s1. The van der Waals surface area contributed by atoms with Gasteiger partial charge in [-0.05, 0) is 48.6 Å². The van der Waals surface area contributed by atoms with E-state index in [2.05, 4.69) is 10.3 Å². The predicted molar refractivity (Wildman–Crippen MR) is 104 cm³/mol. The van der Waals surface area contributed by atoms with Crippen LogP contribution in [0, 0.1) is 0 Å². The average molecular weight is 384 g/mol. The number of piperazine rings is 1. The van der Waals surface area contributed by atoms with Crippen LogP contribution in [-0.4, -0.2) is 48.1 Å². The van der Waals surface area contributed by atoms with Crippen molar-refractivity contribution in [3.8, 4) is 16.9 Å². The van der Waals surface area contributed by atoms with E-state index in [1.165, 1.54) is 11.3 Å². The lowest BCUT2D eigenvalue weighted by atomic mass is 9.96. The van der Waals surface area contributed by atoms with Gasteiger partial charge in [0.1, 0.15) is 5.75 Å². The molecule has 27 heavy (non-hydrogen) atoms. The fourth-order valence-corrected chi connectivity index (χ4v) is 4.71. The molecule has 3 heterocycles. The van der Waals surface area contributed by atoms with Crippen molar-refractivity contribution in [2.24, 2.45) is 0 Å². The highest BCUT2D eigenvalue weighted by Crippen LogP contribution is 2.43. The summed E-state index contributed by atoms with van der Waals surface area (Å²) in [4.78, 5) is 19.3. The molecule has 5 rings (SSSR count). The largest absolute Gasteiger partial charge is 0.479 e. The fraction of sp³-hybridized carbons (Fsp3) is 0.429. The van der Waals surface area contributed by atoms with E-state index in [1.54, 1.807) is 0 Å². The van der Waals surface area contributed by atoms with Crippen LogP contribution in [0.1, 0.15) is 23.2 Å².